The molecule has 0 heterocycles. The summed E-state index contributed by atoms with van der Waals surface area (Å²) in [6.07, 6.45) is 43.7. The SMILES string of the molecule is CCCCCCCCCCN(CCCCCCCCCC)CCCCCCCCCCCCCCCC(C)C. The Morgan fingerprint density at radius 3 is 0.795 bits per heavy atom. The fourth-order valence-corrected chi connectivity index (χ4v) is 6.11. The van der Waals surface area contributed by atoms with Crippen LogP contribution in [0.2, 0.25) is 0 Å². The van der Waals surface area contributed by atoms with Crippen molar-refractivity contribution < 1.29 is 0 Å². The van der Waals surface area contributed by atoms with Crippen LogP contribution in [0.5, 0.6) is 0 Å². The van der Waals surface area contributed by atoms with E-state index in [1.54, 1.807) is 0 Å². The lowest BCUT2D eigenvalue weighted by molar-refractivity contribution is 0.254. The van der Waals surface area contributed by atoms with Gasteiger partial charge in [-0.2, -0.15) is 0 Å². The molecule has 236 valence electrons. The molecule has 0 aromatic rings. The third-order valence-corrected chi connectivity index (χ3v) is 8.91. The first-order valence-corrected chi connectivity index (χ1v) is 18.9. The molecule has 1 heteroatoms. The molecule has 0 aliphatic rings. The molecule has 0 bridgehead atoms. The van der Waals surface area contributed by atoms with Gasteiger partial charge in [0.2, 0.25) is 0 Å². The van der Waals surface area contributed by atoms with Crippen LogP contribution in [-0.4, -0.2) is 24.5 Å². The summed E-state index contributed by atoms with van der Waals surface area (Å²) in [5.41, 5.74) is 0. The minimum Gasteiger partial charge on any atom is -0.303 e. The van der Waals surface area contributed by atoms with Gasteiger partial charge in [-0.1, -0.05) is 201 Å². The van der Waals surface area contributed by atoms with E-state index in [-0.39, 0.29) is 0 Å². The van der Waals surface area contributed by atoms with Crippen LogP contribution < -0.4 is 0 Å². The highest BCUT2D eigenvalue weighted by Crippen LogP contribution is 2.15. The smallest absolute Gasteiger partial charge is 0.00187 e. The molecule has 0 aromatic carbocycles. The van der Waals surface area contributed by atoms with Gasteiger partial charge in [0.05, 0.1) is 0 Å². The molecular formula is C38H79N. The molecule has 0 saturated heterocycles. The second-order valence-electron chi connectivity index (χ2n) is 13.6. The van der Waals surface area contributed by atoms with E-state index in [1.165, 1.54) is 212 Å². The van der Waals surface area contributed by atoms with Crippen molar-refractivity contribution >= 4 is 0 Å². The van der Waals surface area contributed by atoms with E-state index in [2.05, 4.69) is 32.6 Å². The molecule has 0 fully saturated rings. The third-order valence-electron chi connectivity index (χ3n) is 8.91. The molecule has 0 aromatic heterocycles. The maximum absolute atomic E-state index is 2.84. The van der Waals surface area contributed by atoms with Gasteiger partial charge in [0.25, 0.3) is 0 Å². The van der Waals surface area contributed by atoms with Gasteiger partial charge in [-0.15, -0.1) is 0 Å². The van der Waals surface area contributed by atoms with Crippen molar-refractivity contribution in [1.82, 2.24) is 4.90 Å². The Morgan fingerprint density at radius 1 is 0.308 bits per heavy atom. The summed E-state index contributed by atoms with van der Waals surface area (Å²) in [7, 11) is 0. The average molecular weight is 550 g/mol. The molecule has 0 N–H and O–H groups in total. The van der Waals surface area contributed by atoms with E-state index in [0.717, 1.165) is 5.92 Å². The number of hydrogen-bond acceptors (Lipinski definition) is 1. The lowest BCUT2D eigenvalue weighted by Crippen LogP contribution is -2.27. The van der Waals surface area contributed by atoms with Gasteiger partial charge >= 0.3 is 0 Å². The van der Waals surface area contributed by atoms with Crippen LogP contribution in [0.1, 0.15) is 220 Å². The molecule has 0 rings (SSSR count). The fourth-order valence-electron chi connectivity index (χ4n) is 6.11. The van der Waals surface area contributed by atoms with Crippen molar-refractivity contribution in [2.24, 2.45) is 5.92 Å². The number of nitrogens with zero attached hydrogens (tertiary/aromatic N) is 1. The Kier molecular flexibility index (Phi) is 34.1. The molecular weight excluding hydrogens is 470 g/mol. The van der Waals surface area contributed by atoms with Crippen LogP contribution in [0.4, 0.5) is 0 Å². The van der Waals surface area contributed by atoms with E-state index in [4.69, 9.17) is 0 Å². The van der Waals surface area contributed by atoms with Crippen molar-refractivity contribution in [2.75, 3.05) is 19.6 Å². The topological polar surface area (TPSA) is 3.24 Å². The normalized spacial score (nSPS) is 11.8. The maximum Gasteiger partial charge on any atom is -0.00187 e. The van der Waals surface area contributed by atoms with E-state index in [1.807, 2.05) is 0 Å². The van der Waals surface area contributed by atoms with Crippen molar-refractivity contribution in [3.63, 3.8) is 0 Å². The zero-order chi connectivity index (χ0) is 28.5. The van der Waals surface area contributed by atoms with Crippen molar-refractivity contribution in [3.05, 3.63) is 0 Å². The lowest BCUT2D eigenvalue weighted by atomic mass is 10.0. The highest BCUT2D eigenvalue weighted by molar-refractivity contribution is 4.61. The Balaban J connectivity index is 3.76. The van der Waals surface area contributed by atoms with Gasteiger partial charge in [-0.3, -0.25) is 0 Å². The Bertz CT molecular complexity index is 397. The zero-order valence-corrected chi connectivity index (χ0v) is 28.4. The summed E-state index contributed by atoms with van der Waals surface area (Å²) in [5.74, 6) is 0.892. The number of rotatable bonds is 34. The molecule has 0 atom stereocenters. The summed E-state index contributed by atoms with van der Waals surface area (Å²) in [4.78, 5) is 2.84. The summed E-state index contributed by atoms with van der Waals surface area (Å²) < 4.78 is 0. The van der Waals surface area contributed by atoms with Gasteiger partial charge in [0.1, 0.15) is 0 Å². The van der Waals surface area contributed by atoms with Crippen LogP contribution in [0.3, 0.4) is 0 Å². The predicted molar refractivity (Wildman–Crippen MR) is 181 cm³/mol. The molecule has 0 amide bonds. The van der Waals surface area contributed by atoms with Crippen molar-refractivity contribution in [2.45, 2.75) is 220 Å². The Morgan fingerprint density at radius 2 is 0.538 bits per heavy atom. The molecule has 0 saturated carbocycles. The second-order valence-corrected chi connectivity index (χ2v) is 13.6. The summed E-state index contributed by atoms with van der Waals surface area (Å²) >= 11 is 0. The van der Waals surface area contributed by atoms with Crippen LogP contribution in [0.25, 0.3) is 0 Å². The van der Waals surface area contributed by atoms with Gasteiger partial charge < -0.3 is 4.90 Å². The molecule has 0 aliphatic heterocycles. The molecule has 0 spiro atoms. The van der Waals surface area contributed by atoms with Crippen molar-refractivity contribution in [1.29, 1.82) is 0 Å². The molecule has 39 heavy (non-hydrogen) atoms. The van der Waals surface area contributed by atoms with E-state index in [0.29, 0.717) is 0 Å². The quantitative estimate of drug-likeness (QED) is 0.0721. The average Bonchev–Trinajstić information content (AvgIpc) is 2.93. The van der Waals surface area contributed by atoms with Crippen LogP contribution in [0.15, 0.2) is 0 Å². The summed E-state index contributed by atoms with van der Waals surface area (Å²) in [6, 6.07) is 0. The zero-order valence-electron chi connectivity index (χ0n) is 28.4. The van der Waals surface area contributed by atoms with Crippen molar-refractivity contribution in [3.8, 4) is 0 Å². The van der Waals surface area contributed by atoms with Crippen LogP contribution >= 0.6 is 0 Å². The molecule has 0 aliphatic carbocycles. The number of hydrogen-bond donors (Lipinski definition) is 0. The van der Waals surface area contributed by atoms with Gasteiger partial charge in [0, 0.05) is 0 Å². The minimum atomic E-state index is 0.892. The van der Waals surface area contributed by atoms with Gasteiger partial charge in [0.15, 0.2) is 0 Å². The van der Waals surface area contributed by atoms with E-state index in [9.17, 15) is 0 Å². The van der Waals surface area contributed by atoms with Gasteiger partial charge in [-0.25, -0.2) is 0 Å². The monoisotopic (exact) mass is 550 g/mol. The first-order chi connectivity index (χ1) is 19.2. The second kappa shape index (κ2) is 34.2. The third kappa shape index (κ3) is 34.1. The van der Waals surface area contributed by atoms with E-state index >= 15 is 0 Å². The predicted octanol–water partition coefficient (Wildman–Crippen LogP) is 13.7. The molecule has 0 unspecified atom stereocenters. The lowest BCUT2D eigenvalue weighted by Gasteiger charge is -2.22. The molecule has 1 nitrogen and oxygen atoms in total. The van der Waals surface area contributed by atoms with Crippen LogP contribution in [-0.2, 0) is 0 Å². The Hall–Kier alpha value is -0.0400. The first-order valence-electron chi connectivity index (χ1n) is 18.9. The summed E-state index contributed by atoms with van der Waals surface area (Å²) in [5, 5.41) is 0. The largest absolute Gasteiger partial charge is 0.303 e. The highest BCUT2D eigenvalue weighted by atomic mass is 15.1. The first kappa shape index (κ1) is 39.0. The van der Waals surface area contributed by atoms with Crippen LogP contribution in [0, 0.1) is 5.92 Å². The maximum atomic E-state index is 2.84. The fraction of sp³-hybridized carbons (Fsp3) is 1.00. The standard InChI is InChI=1S/C38H79N/c1-5-7-9-11-13-23-27-31-35-39(36-32-28-24-14-12-10-8-6-2)37-33-29-25-21-19-17-15-16-18-20-22-26-30-34-38(3)4/h38H,5-37H2,1-4H3. The number of unbranched alkanes of at least 4 members (excludes halogenated alkanes) is 26. The minimum absolute atomic E-state index is 0.892. The van der Waals surface area contributed by atoms with E-state index < -0.39 is 0 Å². The highest BCUT2D eigenvalue weighted by Gasteiger charge is 2.05. The van der Waals surface area contributed by atoms with Gasteiger partial charge in [-0.05, 0) is 44.8 Å². The molecule has 0 radical (unpaired) electrons. The summed E-state index contributed by atoms with van der Waals surface area (Å²) in [6.45, 7) is 13.4. The Labute approximate surface area is 250 Å².